The summed E-state index contributed by atoms with van der Waals surface area (Å²) in [5.41, 5.74) is 9.43. The Morgan fingerprint density at radius 3 is 2.66 bits per heavy atom. The Hall–Kier alpha value is -3.26. The van der Waals surface area contributed by atoms with E-state index in [0.717, 1.165) is 23.5 Å². The van der Waals surface area contributed by atoms with Crippen molar-refractivity contribution in [2.75, 3.05) is 35.6 Å². The van der Waals surface area contributed by atoms with E-state index in [4.69, 9.17) is 10.5 Å². The molecular formula is C23H29ClN4O4. The van der Waals surface area contributed by atoms with Crippen molar-refractivity contribution in [3.8, 4) is 0 Å². The van der Waals surface area contributed by atoms with Gasteiger partial charge in [-0.2, -0.15) is 0 Å². The first-order chi connectivity index (χ1) is 14.9. The summed E-state index contributed by atoms with van der Waals surface area (Å²) < 4.78 is 5.39. The molecular weight excluding hydrogens is 432 g/mol. The van der Waals surface area contributed by atoms with E-state index in [2.05, 4.69) is 15.5 Å². The number of para-hydroxylation sites is 1. The van der Waals surface area contributed by atoms with E-state index < -0.39 is 17.9 Å². The number of esters is 1. The average molecular weight is 461 g/mol. The number of hydrogen-bond acceptors (Lipinski definition) is 6. The maximum absolute atomic E-state index is 12.3. The fourth-order valence-electron chi connectivity index (χ4n) is 3.57. The van der Waals surface area contributed by atoms with Gasteiger partial charge < -0.3 is 26.0 Å². The first-order valence-electron chi connectivity index (χ1n) is 10.4. The number of carbonyl (C=O) groups is 3. The monoisotopic (exact) mass is 460 g/mol. The van der Waals surface area contributed by atoms with Gasteiger partial charge in [-0.15, -0.1) is 12.4 Å². The van der Waals surface area contributed by atoms with Crippen LogP contribution in [0.1, 0.15) is 36.2 Å². The van der Waals surface area contributed by atoms with Crippen molar-refractivity contribution in [1.82, 2.24) is 5.32 Å². The summed E-state index contributed by atoms with van der Waals surface area (Å²) in [5, 5.41) is 5.52. The molecule has 0 radical (unpaired) electrons. The Morgan fingerprint density at radius 2 is 1.94 bits per heavy atom. The lowest BCUT2D eigenvalue weighted by atomic mass is 10.00. The van der Waals surface area contributed by atoms with Crippen LogP contribution in [0.5, 0.6) is 0 Å². The van der Waals surface area contributed by atoms with E-state index in [0.29, 0.717) is 30.6 Å². The lowest BCUT2D eigenvalue weighted by Gasteiger charge is -2.29. The smallest absolute Gasteiger partial charge is 0.328 e. The number of rotatable bonds is 8. The Balaban J connectivity index is 0.00000363. The van der Waals surface area contributed by atoms with Crippen LogP contribution in [0.15, 0.2) is 42.5 Å². The standard InChI is InChI=1S/C23H28N4O4.ClH/c1-3-27(20-10-6-9-19-17(20)11-12-21(28)26-19)13-14-31-23(30)15(2)25-22(29)16-7-4-5-8-18(16)24;/h4-10,15H,3,11-14,24H2,1-2H3,(H,25,29)(H,26,28);1H/t15-;/m0./s1. The van der Waals surface area contributed by atoms with Crippen LogP contribution in [0, 0.1) is 0 Å². The van der Waals surface area contributed by atoms with Gasteiger partial charge in [0.25, 0.3) is 5.91 Å². The zero-order chi connectivity index (χ0) is 22.4. The number of amides is 2. The molecule has 0 aliphatic carbocycles. The summed E-state index contributed by atoms with van der Waals surface area (Å²) in [4.78, 5) is 38.4. The van der Waals surface area contributed by atoms with Crippen molar-refractivity contribution >= 4 is 47.3 Å². The largest absolute Gasteiger partial charge is 0.462 e. The zero-order valence-electron chi connectivity index (χ0n) is 18.2. The third-order valence-corrected chi connectivity index (χ3v) is 5.26. The summed E-state index contributed by atoms with van der Waals surface area (Å²) in [6.45, 7) is 5.00. The molecule has 172 valence electrons. The van der Waals surface area contributed by atoms with Crippen LogP contribution in [-0.2, 0) is 20.7 Å². The number of benzene rings is 2. The molecule has 0 fully saturated rings. The fourth-order valence-corrected chi connectivity index (χ4v) is 3.57. The summed E-state index contributed by atoms with van der Waals surface area (Å²) >= 11 is 0. The molecule has 3 rings (SSSR count). The molecule has 0 unspecified atom stereocenters. The molecule has 2 aromatic carbocycles. The number of hydrogen-bond donors (Lipinski definition) is 3. The first-order valence-corrected chi connectivity index (χ1v) is 10.4. The van der Waals surface area contributed by atoms with E-state index in [1.54, 1.807) is 31.2 Å². The predicted molar refractivity (Wildman–Crippen MR) is 127 cm³/mol. The van der Waals surface area contributed by atoms with Gasteiger partial charge in [-0.05, 0) is 50.1 Å². The van der Waals surface area contributed by atoms with Gasteiger partial charge in [0, 0.05) is 30.0 Å². The Kier molecular flexibility index (Phi) is 8.90. The highest BCUT2D eigenvalue weighted by Gasteiger charge is 2.22. The van der Waals surface area contributed by atoms with E-state index in [-0.39, 0.29) is 24.9 Å². The van der Waals surface area contributed by atoms with Crippen molar-refractivity contribution < 1.29 is 19.1 Å². The number of nitrogens with zero attached hydrogens (tertiary/aromatic N) is 1. The van der Waals surface area contributed by atoms with Crippen LogP contribution >= 0.6 is 12.4 Å². The number of halogens is 1. The maximum Gasteiger partial charge on any atom is 0.328 e. The van der Waals surface area contributed by atoms with Crippen LogP contribution < -0.4 is 21.3 Å². The minimum atomic E-state index is -0.804. The molecule has 0 bridgehead atoms. The lowest BCUT2D eigenvalue weighted by Crippen LogP contribution is -2.40. The minimum absolute atomic E-state index is 0. The minimum Gasteiger partial charge on any atom is -0.462 e. The van der Waals surface area contributed by atoms with Gasteiger partial charge >= 0.3 is 5.97 Å². The van der Waals surface area contributed by atoms with Crippen LogP contribution in [0.4, 0.5) is 17.1 Å². The lowest BCUT2D eigenvalue weighted by molar-refractivity contribution is -0.145. The number of likely N-dealkylation sites (N-methyl/N-ethyl adjacent to an activating group) is 1. The van der Waals surface area contributed by atoms with Crippen molar-refractivity contribution in [2.24, 2.45) is 0 Å². The highest BCUT2D eigenvalue weighted by atomic mass is 35.5. The van der Waals surface area contributed by atoms with Crippen LogP contribution in [-0.4, -0.2) is 43.5 Å². The van der Waals surface area contributed by atoms with E-state index in [1.165, 1.54) is 0 Å². The van der Waals surface area contributed by atoms with Gasteiger partial charge in [0.2, 0.25) is 5.91 Å². The second-order valence-electron chi connectivity index (χ2n) is 7.38. The second kappa shape index (κ2) is 11.4. The zero-order valence-corrected chi connectivity index (χ0v) is 19.0. The molecule has 0 aromatic heterocycles. The molecule has 1 heterocycles. The molecule has 0 spiro atoms. The third kappa shape index (κ3) is 5.91. The number of nitrogens with two attached hydrogens (primary N) is 1. The molecule has 9 heteroatoms. The summed E-state index contributed by atoms with van der Waals surface area (Å²) in [5.74, 6) is -0.910. The van der Waals surface area contributed by atoms with Crippen LogP contribution in [0.2, 0.25) is 0 Å². The van der Waals surface area contributed by atoms with Crippen LogP contribution in [0.25, 0.3) is 0 Å². The number of nitrogen functional groups attached to an aromatic ring is 1. The number of fused-ring (bicyclic) bond motifs is 1. The van der Waals surface area contributed by atoms with Crippen molar-refractivity contribution in [3.63, 3.8) is 0 Å². The maximum atomic E-state index is 12.3. The molecule has 4 N–H and O–H groups in total. The summed E-state index contributed by atoms with van der Waals surface area (Å²) in [7, 11) is 0. The van der Waals surface area contributed by atoms with E-state index in [1.807, 2.05) is 25.1 Å². The van der Waals surface area contributed by atoms with Gasteiger partial charge in [-0.3, -0.25) is 9.59 Å². The number of carbonyl (C=O) groups excluding carboxylic acids is 3. The fraction of sp³-hybridized carbons (Fsp3) is 0.348. The second-order valence-corrected chi connectivity index (χ2v) is 7.38. The van der Waals surface area contributed by atoms with Crippen molar-refractivity contribution in [1.29, 1.82) is 0 Å². The highest BCUT2D eigenvalue weighted by Crippen LogP contribution is 2.31. The Bertz CT molecular complexity index is 982. The third-order valence-electron chi connectivity index (χ3n) is 5.26. The number of nitrogens with one attached hydrogen (secondary N) is 2. The SMILES string of the molecule is CCN(CCOC(=O)[C@H](C)NC(=O)c1ccccc1N)c1cccc2c1CCC(=O)N2.Cl. The predicted octanol–water partition coefficient (Wildman–Crippen LogP) is 2.76. The average Bonchev–Trinajstić information content (AvgIpc) is 2.76. The topological polar surface area (TPSA) is 114 Å². The van der Waals surface area contributed by atoms with Gasteiger partial charge in [-0.1, -0.05) is 18.2 Å². The Labute approximate surface area is 193 Å². The number of ether oxygens (including phenoxy) is 1. The molecule has 2 amide bonds. The number of anilines is 3. The molecule has 2 aromatic rings. The molecule has 1 atom stereocenters. The quantitative estimate of drug-likeness (QED) is 0.412. The van der Waals surface area contributed by atoms with Gasteiger partial charge in [0.15, 0.2) is 0 Å². The Morgan fingerprint density at radius 1 is 1.19 bits per heavy atom. The van der Waals surface area contributed by atoms with Crippen molar-refractivity contribution in [3.05, 3.63) is 53.6 Å². The molecule has 1 aliphatic heterocycles. The summed E-state index contributed by atoms with van der Waals surface area (Å²) in [6, 6.07) is 11.7. The highest BCUT2D eigenvalue weighted by molar-refractivity contribution is 6.00. The van der Waals surface area contributed by atoms with E-state index >= 15 is 0 Å². The molecule has 0 saturated heterocycles. The molecule has 1 aliphatic rings. The van der Waals surface area contributed by atoms with Gasteiger partial charge in [0.05, 0.1) is 12.1 Å². The molecule has 32 heavy (non-hydrogen) atoms. The first kappa shape index (κ1) is 25.0. The normalized spacial score (nSPS) is 13.1. The van der Waals surface area contributed by atoms with Gasteiger partial charge in [0.1, 0.15) is 12.6 Å². The van der Waals surface area contributed by atoms with Gasteiger partial charge in [-0.25, -0.2) is 4.79 Å². The molecule has 0 saturated carbocycles. The summed E-state index contributed by atoms with van der Waals surface area (Å²) in [6.07, 6.45) is 1.14. The van der Waals surface area contributed by atoms with Crippen LogP contribution in [0.3, 0.4) is 0 Å². The molecule has 8 nitrogen and oxygen atoms in total. The van der Waals surface area contributed by atoms with E-state index in [9.17, 15) is 14.4 Å². The van der Waals surface area contributed by atoms with Crippen molar-refractivity contribution in [2.45, 2.75) is 32.7 Å².